The molecule has 0 aliphatic carbocycles. The maximum Gasteiger partial charge on any atom is 0.358 e. The first-order valence-corrected chi connectivity index (χ1v) is 4.33. The van der Waals surface area contributed by atoms with Crippen LogP contribution in [0.1, 0.15) is 10.5 Å². The quantitative estimate of drug-likeness (QED) is 0.695. The highest BCUT2D eigenvalue weighted by atomic mass is 19.1. The fourth-order valence-electron chi connectivity index (χ4n) is 1.09. The summed E-state index contributed by atoms with van der Waals surface area (Å²) < 4.78 is 18.3. The van der Waals surface area contributed by atoms with Gasteiger partial charge in [0.2, 0.25) is 0 Å². The molecule has 16 heavy (non-hydrogen) atoms. The minimum atomic E-state index is -0.578. The fraction of sp³-hybridized carbons (Fsp3) is 0.111. The van der Waals surface area contributed by atoms with Crippen LogP contribution in [0.5, 0.6) is 0 Å². The van der Waals surface area contributed by atoms with Gasteiger partial charge in [-0.15, -0.1) is 10.2 Å². The zero-order valence-electron chi connectivity index (χ0n) is 8.29. The Morgan fingerprint density at radius 1 is 1.44 bits per heavy atom. The molecule has 0 saturated carbocycles. The first kappa shape index (κ1) is 10.2. The van der Waals surface area contributed by atoms with Gasteiger partial charge in [0.25, 0.3) is 0 Å². The predicted octanol–water partition coefficient (Wildman–Crippen LogP) is 0.588. The molecular weight excluding hydrogens is 215 g/mol. The molecule has 2 heterocycles. The molecule has 7 heteroatoms. The predicted molar refractivity (Wildman–Crippen MR) is 50.5 cm³/mol. The summed E-state index contributed by atoms with van der Waals surface area (Å²) in [6, 6.07) is 2.92. The van der Waals surface area contributed by atoms with Gasteiger partial charge in [0.15, 0.2) is 17.3 Å². The molecular formula is C9H7FN4O2. The molecule has 0 radical (unpaired) electrons. The standard InChI is InChI=1S/C9H7FN4O2/c1-16-9(15)7-2-3-8(13-12-7)14-5-6(10)4-11-14/h2-5H,1H3. The van der Waals surface area contributed by atoms with Gasteiger partial charge in [0.1, 0.15) is 0 Å². The minimum Gasteiger partial charge on any atom is -0.464 e. The normalized spacial score (nSPS) is 10.1. The van der Waals surface area contributed by atoms with Gasteiger partial charge < -0.3 is 4.74 Å². The number of hydrogen-bond acceptors (Lipinski definition) is 5. The van der Waals surface area contributed by atoms with Crippen LogP contribution in [0.2, 0.25) is 0 Å². The van der Waals surface area contributed by atoms with E-state index in [4.69, 9.17) is 0 Å². The van der Waals surface area contributed by atoms with Crippen LogP contribution in [-0.2, 0) is 4.74 Å². The first-order valence-electron chi connectivity index (χ1n) is 4.33. The lowest BCUT2D eigenvalue weighted by atomic mass is 10.4. The van der Waals surface area contributed by atoms with Gasteiger partial charge in [-0.05, 0) is 12.1 Å². The number of methoxy groups -OCH3 is 1. The Kier molecular flexibility index (Phi) is 2.59. The van der Waals surface area contributed by atoms with Crippen LogP contribution in [0.4, 0.5) is 4.39 Å². The van der Waals surface area contributed by atoms with E-state index in [0.717, 1.165) is 12.4 Å². The maximum atomic E-state index is 12.7. The summed E-state index contributed by atoms with van der Waals surface area (Å²) in [6.45, 7) is 0. The van der Waals surface area contributed by atoms with Crippen molar-refractivity contribution in [2.24, 2.45) is 0 Å². The number of carbonyl (C=O) groups is 1. The van der Waals surface area contributed by atoms with Crippen LogP contribution in [0.3, 0.4) is 0 Å². The van der Waals surface area contributed by atoms with Crippen LogP contribution in [0.25, 0.3) is 5.82 Å². The molecule has 6 nitrogen and oxygen atoms in total. The molecule has 0 spiro atoms. The van der Waals surface area contributed by atoms with Crippen molar-refractivity contribution in [1.82, 2.24) is 20.0 Å². The second-order valence-electron chi connectivity index (χ2n) is 2.87. The van der Waals surface area contributed by atoms with Crippen molar-refractivity contribution in [2.45, 2.75) is 0 Å². The third kappa shape index (κ3) is 1.88. The Morgan fingerprint density at radius 3 is 2.75 bits per heavy atom. The summed E-state index contributed by atoms with van der Waals surface area (Å²) in [5, 5.41) is 11.0. The molecule has 0 bridgehead atoms. The SMILES string of the molecule is COC(=O)c1ccc(-n2cc(F)cn2)nn1. The molecule has 0 aromatic carbocycles. The number of nitrogens with zero attached hydrogens (tertiary/aromatic N) is 4. The Morgan fingerprint density at radius 2 is 2.25 bits per heavy atom. The van der Waals surface area contributed by atoms with E-state index in [1.807, 2.05) is 0 Å². The largest absolute Gasteiger partial charge is 0.464 e. The molecule has 0 N–H and O–H groups in total. The highest BCUT2D eigenvalue weighted by molar-refractivity contribution is 5.86. The minimum absolute atomic E-state index is 0.0823. The number of esters is 1. The molecule has 0 saturated heterocycles. The van der Waals surface area contributed by atoms with Gasteiger partial charge in [0, 0.05) is 0 Å². The number of hydrogen-bond donors (Lipinski definition) is 0. The average molecular weight is 222 g/mol. The summed E-state index contributed by atoms with van der Waals surface area (Å²) in [7, 11) is 1.25. The lowest BCUT2D eigenvalue weighted by Gasteiger charge is -2.00. The topological polar surface area (TPSA) is 69.9 Å². The molecule has 2 aromatic heterocycles. The van der Waals surface area contributed by atoms with E-state index < -0.39 is 11.8 Å². The van der Waals surface area contributed by atoms with E-state index in [0.29, 0.717) is 5.82 Å². The molecule has 0 amide bonds. The number of ether oxygens (including phenoxy) is 1. The molecule has 82 valence electrons. The van der Waals surface area contributed by atoms with Crippen molar-refractivity contribution in [1.29, 1.82) is 0 Å². The molecule has 0 fully saturated rings. The average Bonchev–Trinajstić information content (AvgIpc) is 2.75. The van der Waals surface area contributed by atoms with Crippen molar-refractivity contribution in [3.05, 3.63) is 36.0 Å². The van der Waals surface area contributed by atoms with E-state index in [1.54, 1.807) is 0 Å². The van der Waals surface area contributed by atoms with Crippen molar-refractivity contribution >= 4 is 5.97 Å². The Bertz CT molecular complexity index is 508. The summed E-state index contributed by atoms with van der Waals surface area (Å²) >= 11 is 0. The third-order valence-corrected chi connectivity index (χ3v) is 1.83. The van der Waals surface area contributed by atoms with Crippen LogP contribution in [0.15, 0.2) is 24.5 Å². The summed E-state index contributed by atoms with van der Waals surface area (Å²) in [6.07, 6.45) is 2.21. The van der Waals surface area contributed by atoms with Crippen LogP contribution >= 0.6 is 0 Å². The van der Waals surface area contributed by atoms with Crippen LogP contribution in [-0.4, -0.2) is 33.1 Å². The molecule has 0 atom stereocenters. The van der Waals surface area contributed by atoms with E-state index in [-0.39, 0.29) is 5.69 Å². The number of aromatic nitrogens is 4. The van der Waals surface area contributed by atoms with Gasteiger partial charge in [-0.1, -0.05) is 0 Å². The molecule has 0 unspecified atom stereocenters. The van der Waals surface area contributed by atoms with Crippen molar-refractivity contribution in [3.63, 3.8) is 0 Å². The van der Waals surface area contributed by atoms with E-state index in [9.17, 15) is 9.18 Å². The smallest absolute Gasteiger partial charge is 0.358 e. The number of halogens is 1. The van der Waals surface area contributed by atoms with Crippen molar-refractivity contribution in [3.8, 4) is 5.82 Å². The third-order valence-electron chi connectivity index (χ3n) is 1.83. The summed E-state index contributed by atoms with van der Waals surface area (Å²) in [5.74, 6) is -0.735. The summed E-state index contributed by atoms with van der Waals surface area (Å²) in [5.41, 5.74) is 0.0823. The second-order valence-corrected chi connectivity index (χ2v) is 2.87. The monoisotopic (exact) mass is 222 g/mol. The molecule has 2 aromatic rings. The molecule has 0 aliphatic heterocycles. The zero-order chi connectivity index (χ0) is 11.5. The fourth-order valence-corrected chi connectivity index (χ4v) is 1.09. The molecule has 2 rings (SSSR count). The first-order chi connectivity index (χ1) is 7.70. The molecule has 0 aliphatic rings. The Balaban J connectivity index is 2.29. The Hall–Kier alpha value is -2.31. The highest BCUT2D eigenvalue weighted by Crippen LogP contribution is 2.04. The van der Waals surface area contributed by atoms with E-state index in [1.165, 1.54) is 23.9 Å². The van der Waals surface area contributed by atoms with Crippen molar-refractivity contribution in [2.75, 3.05) is 7.11 Å². The highest BCUT2D eigenvalue weighted by Gasteiger charge is 2.08. The lowest BCUT2D eigenvalue weighted by molar-refractivity contribution is 0.0592. The van der Waals surface area contributed by atoms with E-state index in [2.05, 4.69) is 20.0 Å². The van der Waals surface area contributed by atoms with Gasteiger partial charge >= 0.3 is 5.97 Å². The van der Waals surface area contributed by atoms with Gasteiger partial charge in [-0.3, -0.25) is 0 Å². The number of rotatable bonds is 2. The maximum absolute atomic E-state index is 12.7. The number of carbonyl (C=O) groups excluding carboxylic acids is 1. The van der Waals surface area contributed by atoms with Crippen LogP contribution in [0, 0.1) is 5.82 Å². The lowest BCUT2D eigenvalue weighted by Crippen LogP contribution is -2.07. The van der Waals surface area contributed by atoms with Gasteiger partial charge in [-0.25, -0.2) is 13.9 Å². The zero-order valence-corrected chi connectivity index (χ0v) is 8.29. The van der Waals surface area contributed by atoms with Gasteiger partial charge in [-0.2, -0.15) is 5.10 Å². The second kappa shape index (κ2) is 4.05. The van der Waals surface area contributed by atoms with Crippen LogP contribution < -0.4 is 0 Å². The van der Waals surface area contributed by atoms with Crippen molar-refractivity contribution < 1.29 is 13.9 Å². The van der Waals surface area contributed by atoms with E-state index >= 15 is 0 Å². The summed E-state index contributed by atoms with van der Waals surface area (Å²) in [4.78, 5) is 11.1. The van der Waals surface area contributed by atoms with Gasteiger partial charge in [0.05, 0.1) is 19.5 Å². The Labute approximate surface area is 89.7 Å².